The summed E-state index contributed by atoms with van der Waals surface area (Å²) >= 11 is 5.56. The molecule has 0 bridgehead atoms. The molecule has 0 saturated heterocycles. The van der Waals surface area contributed by atoms with Crippen LogP contribution in [0.25, 0.3) is 0 Å². The Hall–Kier alpha value is -0.610. The van der Waals surface area contributed by atoms with Crippen LogP contribution in [0.4, 0.5) is 0 Å². The molecule has 0 radical (unpaired) electrons. The number of nitrogens with one attached hydrogen (secondary N) is 3. The van der Waals surface area contributed by atoms with Crippen LogP contribution in [0.15, 0.2) is 16.3 Å². The van der Waals surface area contributed by atoms with Crippen molar-refractivity contribution in [2.24, 2.45) is 5.11 Å². The van der Waals surface area contributed by atoms with E-state index < -0.39 is 0 Å². The first-order chi connectivity index (χ1) is 4.33. The van der Waals surface area contributed by atoms with Crippen LogP contribution in [-0.2, 0) is 0 Å². The zero-order valence-electron chi connectivity index (χ0n) is 4.69. The molecule has 1 atom stereocenters. The minimum atomic E-state index is -0.251. The zero-order chi connectivity index (χ0) is 6.69. The van der Waals surface area contributed by atoms with Gasteiger partial charge in [0.25, 0.3) is 0 Å². The Morgan fingerprint density at radius 3 is 3.11 bits per heavy atom. The lowest BCUT2D eigenvalue weighted by molar-refractivity contribution is 0.530. The van der Waals surface area contributed by atoms with Gasteiger partial charge in [-0.3, -0.25) is 5.32 Å². The van der Waals surface area contributed by atoms with Crippen molar-refractivity contribution in [3.8, 4) is 0 Å². The largest absolute Gasteiger partial charge is 0.363 e. The van der Waals surface area contributed by atoms with Gasteiger partial charge in [0.05, 0.1) is 6.67 Å². The highest BCUT2D eigenvalue weighted by molar-refractivity contribution is 6.29. The van der Waals surface area contributed by atoms with Gasteiger partial charge in [-0.1, -0.05) is 11.6 Å². The first kappa shape index (κ1) is 6.51. The van der Waals surface area contributed by atoms with Crippen LogP contribution in [0.3, 0.4) is 0 Å². The number of rotatable bonds is 1. The van der Waals surface area contributed by atoms with E-state index in [4.69, 9.17) is 17.1 Å². The molecule has 0 aromatic rings. The Morgan fingerprint density at radius 2 is 2.67 bits per heavy atom. The molecule has 4 nitrogen and oxygen atoms in total. The van der Waals surface area contributed by atoms with E-state index in [1.54, 1.807) is 6.08 Å². The molecule has 1 unspecified atom stereocenters. The molecule has 1 heterocycles. The van der Waals surface area contributed by atoms with Gasteiger partial charge in [-0.2, -0.15) is 5.11 Å². The van der Waals surface area contributed by atoms with Gasteiger partial charge >= 0.3 is 0 Å². The predicted octanol–water partition coefficient (Wildman–Crippen LogP) is 0.574. The van der Waals surface area contributed by atoms with E-state index in [0.717, 1.165) is 0 Å². The summed E-state index contributed by atoms with van der Waals surface area (Å²) < 4.78 is 0. The second-order valence-electron chi connectivity index (χ2n) is 1.65. The van der Waals surface area contributed by atoms with Gasteiger partial charge in [-0.15, -0.1) is 0 Å². The van der Waals surface area contributed by atoms with E-state index in [1.165, 1.54) is 0 Å². The summed E-state index contributed by atoms with van der Waals surface area (Å²) in [4.78, 5) is 0. The Morgan fingerprint density at radius 1 is 1.89 bits per heavy atom. The third kappa shape index (κ3) is 1.65. The van der Waals surface area contributed by atoms with Crippen molar-refractivity contribution in [3.05, 3.63) is 11.2 Å². The van der Waals surface area contributed by atoms with Crippen LogP contribution >= 0.6 is 11.6 Å². The smallest absolute Gasteiger partial charge is 0.143 e. The van der Waals surface area contributed by atoms with Crippen molar-refractivity contribution < 1.29 is 0 Å². The third-order valence-electron chi connectivity index (χ3n) is 1.01. The summed E-state index contributed by atoms with van der Waals surface area (Å²) in [6.07, 6.45) is 1.39. The third-order valence-corrected chi connectivity index (χ3v) is 1.27. The standard InChI is InChI=1S/C4H7ClN4/c5-3-1-4(9-6)8-2-7-3/h1,4,6-8H,2H2. The monoisotopic (exact) mass is 146 g/mol. The topological polar surface area (TPSA) is 60.3 Å². The summed E-state index contributed by atoms with van der Waals surface area (Å²) in [7, 11) is 0. The Kier molecular flexibility index (Phi) is 2.02. The quantitative estimate of drug-likeness (QED) is 0.374. The van der Waals surface area contributed by atoms with E-state index in [-0.39, 0.29) is 6.17 Å². The minimum absolute atomic E-state index is 0.251. The summed E-state index contributed by atoms with van der Waals surface area (Å²) in [6, 6.07) is 0. The van der Waals surface area contributed by atoms with Crippen molar-refractivity contribution in [3.63, 3.8) is 0 Å². The first-order valence-electron chi connectivity index (χ1n) is 2.54. The Bertz CT molecular complexity index is 144. The average molecular weight is 147 g/mol. The number of nitrogens with zero attached hydrogens (tertiary/aromatic N) is 1. The molecule has 0 amide bonds. The molecule has 0 spiro atoms. The van der Waals surface area contributed by atoms with E-state index in [9.17, 15) is 0 Å². The molecular weight excluding hydrogens is 140 g/mol. The lowest BCUT2D eigenvalue weighted by Gasteiger charge is -2.16. The second-order valence-corrected chi connectivity index (χ2v) is 2.05. The highest BCUT2D eigenvalue weighted by Crippen LogP contribution is 2.02. The maximum atomic E-state index is 6.62. The van der Waals surface area contributed by atoms with Crippen LogP contribution in [0, 0.1) is 5.53 Å². The molecule has 0 aromatic heterocycles. The predicted molar refractivity (Wildman–Crippen MR) is 34.0 cm³/mol. The molecule has 5 heteroatoms. The number of hydrogen-bond donors (Lipinski definition) is 3. The van der Waals surface area contributed by atoms with Gasteiger partial charge in [-0.25, -0.2) is 5.53 Å². The molecule has 0 saturated carbocycles. The maximum Gasteiger partial charge on any atom is 0.143 e. The van der Waals surface area contributed by atoms with E-state index >= 15 is 0 Å². The van der Waals surface area contributed by atoms with E-state index in [1.807, 2.05) is 0 Å². The summed E-state index contributed by atoms with van der Waals surface area (Å²) in [6.45, 7) is 0.572. The molecule has 1 aliphatic rings. The van der Waals surface area contributed by atoms with Crippen molar-refractivity contribution in [2.75, 3.05) is 6.67 Å². The first-order valence-corrected chi connectivity index (χ1v) is 2.92. The molecular formula is C4H7ClN4. The molecule has 9 heavy (non-hydrogen) atoms. The Balaban J connectivity index is 2.56. The summed E-state index contributed by atoms with van der Waals surface area (Å²) in [5, 5.41) is 9.48. The molecule has 1 rings (SSSR count). The zero-order valence-corrected chi connectivity index (χ0v) is 5.44. The van der Waals surface area contributed by atoms with Crippen LogP contribution < -0.4 is 10.6 Å². The van der Waals surface area contributed by atoms with Gasteiger partial charge in [-0.05, 0) is 6.08 Å². The van der Waals surface area contributed by atoms with Gasteiger partial charge in [0.15, 0.2) is 0 Å². The highest BCUT2D eigenvalue weighted by atomic mass is 35.5. The Labute approximate surface area is 57.8 Å². The maximum absolute atomic E-state index is 6.62. The lowest BCUT2D eigenvalue weighted by atomic mass is 10.4. The number of halogens is 1. The molecule has 1 aliphatic heterocycles. The van der Waals surface area contributed by atoms with Crippen molar-refractivity contribution in [1.29, 1.82) is 5.53 Å². The van der Waals surface area contributed by atoms with Crippen LogP contribution in [0.1, 0.15) is 0 Å². The van der Waals surface area contributed by atoms with E-state index in [2.05, 4.69) is 15.7 Å². The van der Waals surface area contributed by atoms with E-state index in [0.29, 0.717) is 11.8 Å². The highest BCUT2D eigenvalue weighted by Gasteiger charge is 2.07. The number of hydrogen-bond acceptors (Lipinski definition) is 4. The van der Waals surface area contributed by atoms with Crippen LogP contribution in [0.5, 0.6) is 0 Å². The fourth-order valence-electron chi connectivity index (χ4n) is 0.579. The normalized spacial score (nSPS) is 26.3. The van der Waals surface area contributed by atoms with Gasteiger partial charge < -0.3 is 5.32 Å². The van der Waals surface area contributed by atoms with Crippen molar-refractivity contribution in [1.82, 2.24) is 10.6 Å². The SMILES string of the molecule is N=NC1C=C(Cl)NCN1. The molecule has 0 fully saturated rings. The summed E-state index contributed by atoms with van der Waals surface area (Å²) in [5.74, 6) is 0. The van der Waals surface area contributed by atoms with Gasteiger partial charge in [0.1, 0.15) is 11.3 Å². The fraction of sp³-hybridized carbons (Fsp3) is 0.500. The van der Waals surface area contributed by atoms with Crippen LogP contribution in [0.2, 0.25) is 0 Å². The molecule has 0 aliphatic carbocycles. The van der Waals surface area contributed by atoms with Gasteiger partial charge in [0.2, 0.25) is 0 Å². The average Bonchev–Trinajstić information content (AvgIpc) is 1.88. The lowest BCUT2D eigenvalue weighted by Crippen LogP contribution is -2.38. The van der Waals surface area contributed by atoms with Crippen LogP contribution in [-0.4, -0.2) is 12.8 Å². The van der Waals surface area contributed by atoms with Crippen molar-refractivity contribution in [2.45, 2.75) is 6.17 Å². The molecule has 50 valence electrons. The summed E-state index contributed by atoms with van der Waals surface area (Å²) in [5.41, 5.74) is 6.62. The minimum Gasteiger partial charge on any atom is -0.363 e. The molecule has 0 aromatic carbocycles. The van der Waals surface area contributed by atoms with Crippen molar-refractivity contribution >= 4 is 11.6 Å². The fourth-order valence-corrected chi connectivity index (χ4v) is 0.766. The second kappa shape index (κ2) is 2.80. The van der Waals surface area contributed by atoms with Gasteiger partial charge in [0, 0.05) is 0 Å². The molecule has 3 N–H and O–H groups in total.